The maximum Gasteiger partial charge on any atom is 0.146 e. The minimum Gasteiger partial charge on any atom is -0.396 e. The van der Waals surface area contributed by atoms with E-state index in [1.165, 1.54) is 25.3 Å². The second-order valence-corrected chi connectivity index (χ2v) is 4.08. The van der Waals surface area contributed by atoms with Gasteiger partial charge in [-0.1, -0.05) is 31.4 Å². The van der Waals surface area contributed by atoms with E-state index in [4.69, 9.17) is 5.73 Å². The van der Waals surface area contributed by atoms with E-state index in [1.807, 2.05) is 6.07 Å². The zero-order chi connectivity index (χ0) is 9.97. The highest BCUT2D eigenvalue weighted by molar-refractivity contribution is 5.49. The molecule has 0 radical (unpaired) electrons. The fourth-order valence-electron chi connectivity index (χ4n) is 2.32. The van der Waals surface area contributed by atoms with Crippen molar-refractivity contribution in [3.05, 3.63) is 29.6 Å². The number of benzene rings is 1. The van der Waals surface area contributed by atoms with Crippen LogP contribution in [-0.4, -0.2) is 0 Å². The number of rotatable bonds is 1. The topological polar surface area (TPSA) is 26.0 Å². The molecule has 14 heavy (non-hydrogen) atoms. The van der Waals surface area contributed by atoms with Crippen LogP contribution in [0.1, 0.15) is 43.6 Å². The van der Waals surface area contributed by atoms with Crippen molar-refractivity contribution in [3.63, 3.8) is 0 Å². The Labute approximate surface area is 84.1 Å². The number of nitrogens with two attached hydrogens (primary N) is 1. The van der Waals surface area contributed by atoms with Crippen molar-refractivity contribution in [1.82, 2.24) is 0 Å². The first kappa shape index (κ1) is 9.50. The molecule has 1 aliphatic carbocycles. The molecule has 0 aromatic heterocycles. The monoisotopic (exact) mass is 193 g/mol. The zero-order valence-electron chi connectivity index (χ0n) is 8.30. The van der Waals surface area contributed by atoms with E-state index in [9.17, 15) is 4.39 Å². The number of hydrogen-bond acceptors (Lipinski definition) is 1. The molecule has 0 atom stereocenters. The highest BCUT2D eigenvalue weighted by Crippen LogP contribution is 2.35. The summed E-state index contributed by atoms with van der Waals surface area (Å²) in [5.74, 6) is 0.215. The van der Waals surface area contributed by atoms with Crippen LogP contribution >= 0.6 is 0 Å². The first-order valence-corrected chi connectivity index (χ1v) is 5.33. The Morgan fingerprint density at radius 1 is 1.14 bits per heavy atom. The molecule has 2 N–H and O–H groups in total. The van der Waals surface area contributed by atoms with Gasteiger partial charge in [0.2, 0.25) is 0 Å². The van der Waals surface area contributed by atoms with Gasteiger partial charge in [-0.25, -0.2) is 4.39 Å². The van der Waals surface area contributed by atoms with Gasteiger partial charge < -0.3 is 5.73 Å². The predicted octanol–water partition coefficient (Wildman–Crippen LogP) is 3.46. The van der Waals surface area contributed by atoms with Crippen LogP contribution in [0.5, 0.6) is 0 Å². The van der Waals surface area contributed by atoms with Gasteiger partial charge in [0.1, 0.15) is 5.82 Å². The van der Waals surface area contributed by atoms with Crippen molar-refractivity contribution in [2.45, 2.75) is 38.0 Å². The minimum absolute atomic E-state index is 0.270. The van der Waals surface area contributed by atoms with E-state index in [-0.39, 0.29) is 5.82 Å². The van der Waals surface area contributed by atoms with Gasteiger partial charge in [0, 0.05) is 0 Å². The minimum atomic E-state index is -0.270. The molecular weight excluding hydrogens is 177 g/mol. The van der Waals surface area contributed by atoms with Crippen LogP contribution in [0.3, 0.4) is 0 Å². The molecule has 2 heteroatoms. The fourth-order valence-corrected chi connectivity index (χ4v) is 2.32. The highest BCUT2D eigenvalue weighted by atomic mass is 19.1. The lowest BCUT2D eigenvalue weighted by Gasteiger charge is -2.23. The molecule has 0 spiro atoms. The van der Waals surface area contributed by atoms with Gasteiger partial charge >= 0.3 is 0 Å². The summed E-state index contributed by atoms with van der Waals surface area (Å²) in [4.78, 5) is 0. The molecule has 1 fully saturated rings. The maximum absolute atomic E-state index is 13.2. The van der Waals surface area contributed by atoms with Gasteiger partial charge in [-0.05, 0) is 30.4 Å². The molecule has 0 unspecified atom stereocenters. The van der Waals surface area contributed by atoms with E-state index in [1.54, 1.807) is 6.07 Å². The maximum atomic E-state index is 13.2. The number of hydrogen-bond donors (Lipinski definition) is 1. The van der Waals surface area contributed by atoms with E-state index < -0.39 is 0 Å². The summed E-state index contributed by atoms with van der Waals surface area (Å²) in [6.07, 6.45) is 6.13. The summed E-state index contributed by atoms with van der Waals surface area (Å²) in [5.41, 5.74) is 7.12. The van der Waals surface area contributed by atoms with Gasteiger partial charge in [0.25, 0.3) is 0 Å². The van der Waals surface area contributed by atoms with Crippen LogP contribution in [0.25, 0.3) is 0 Å². The Morgan fingerprint density at radius 3 is 2.57 bits per heavy atom. The van der Waals surface area contributed by atoms with Gasteiger partial charge in [-0.3, -0.25) is 0 Å². The first-order chi connectivity index (χ1) is 6.79. The standard InChI is InChI=1S/C12H16FN/c13-11-8-4-7-10(12(11)14)9-5-2-1-3-6-9/h4,7-9H,1-3,5-6,14H2. The Hall–Kier alpha value is -1.05. The largest absolute Gasteiger partial charge is 0.396 e. The summed E-state index contributed by atoms with van der Waals surface area (Å²) >= 11 is 0. The Balaban J connectivity index is 2.26. The highest BCUT2D eigenvalue weighted by Gasteiger charge is 2.18. The van der Waals surface area contributed by atoms with Crippen molar-refractivity contribution in [2.24, 2.45) is 0 Å². The number of anilines is 1. The van der Waals surface area contributed by atoms with Crippen molar-refractivity contribution >= 4 is 5.69 Å². The van der Waals surface area contributed by atoms with Crippen LogP contribution in [0.15, 0.2) is 18.2 Å². The average Bonchev–Trinajstić information content (AvgIpc) is 2.23. The third-order valence-electron chi connectivity index (χ3n) is 3.13. The summed E-state index contributed by atoms with van der Waals surface area (Å²) < 4.78 is 13.2. The molecule has 2 rings (SSSR count). The molecular formula is C12H16FN. The van der Waals surface area contributed by atoms with Crippen LogP contribution in [0, 0.1) is 5.82 Å². The number of halogens is 1. The number of para-hydroxylation sites is 1. The first-order valence-electron chi connectivity index (χ1n) is 5.33. The molecule has 1 aliphatic rings. The van der Waals surface area contributed by atoms with Crippen molar-refractivity contribution in [2.75, 3.05) is 5.73 Å². The van der Waals surface area contributed by atoms with Crippen molar-refractivity contribution in [1.29, 1.82) is 0 Å². The molecule has 1 nitrogen and oxygen atoms in total. The summed E-state index contributed by atoms with van der Waals surface area (Å²) in [6, 6.07) is 5.16. The third-order valence-corrected chi connectivity index (χ3v) is 3.13. The smallest absolute Gasteiger partial charge is 0.146 e. The van der Waals surface area contributed by atoms with Gasteiger partial charge in [0.05, 0.1) is 5.69 Å². The van der Waals surface area contributed by atoms with Gasteiger partial charge in [-0.15, -0.1) is 0 Å². The molecule has 0 amide bonds. The summed E-state index contributed by atoms with van der Waals surface area (Å²) in [5, 5.41) is 0. The molecule has 1 aromatic rings. The van der Waals surface area contributed by atoms with Crippen LogP contribution in [0.2, 0.25) is 0 Å². The van der Waals surface area contributed by atoms with Crippen LogP contribution in [0.4, 0.5) is 10.1 Å². The number of nitrogen functional groups attached to an aromatic ring is 1. The second kappa shape index (κ2) is 3.99. The van der Waals surface area contributed by atoms with E-state index >= 15 is 0 Å². The van der Waals surface area contributed by atoms with E-state index in [0.717, 1.165) is 18.4 Å². The second-order valence-electron chi connectivity index (χ2n) is 4.08. The molecule has 1 saturated carbocycles. The Kier molecular flexibility index (Phi) is 2.71. The Bertz CT molecular complexity index is 316. The predicted molar refractivity (Wildman–Crippen MR) is 56.6 cm³/mol. The lowest BCUT2D eigenvalue weighted by atomic mass is 9.83. The fraction of sp³-hybridized carbons (Fsp3) is 0.500. The Morgan fingerprint density at radius 2 is 1.86 bits per heavy atom. The molecule has 0 bridgehead atoms. The van der Waals surface area contributed by atoms with E-state index in [2.05, 4.69) is 0 Å². The van der Waals surface area contributed by atoms with Crippen molar-refractivity contribution < 1.29 is 4.39 Å². The molecule has 76 valence electrons. The third kappa shape index (κ3) is 1.74. The van der Waals surface area contributed by atoms with E-state index in [0.29, 0.717) is 11.6 Å². The quantitative estimate of drug-likeness (QED) is 0.679. The molecule has 0 aliphatic heterocycles. The summed E-state index contributed by atoms with van der Waals surface area (Å²) in [7, 11) is 0. The molecule has 0 heterocycles. The lowest BCUT2D eigenvalue weighted by Crippen LogP contribution is -2.08. The SMILES string of the molecule is Nc1c(F)cccc1C1CCCCC1. The zero-order valence-corrected chi connectivity index (χ0v) is 8.30. The normalized spacial score (nSPS) is 18.4. The lowest BCUT2D eigenvalue weighted by molar-refractivity contribution is 0.443. The van der Waals surface area contributed by atoms with Gasteiger partial charge in [0.15, 0.2) is 0 Å². The van der Waals surface area contributed by atoms with Gasteiger partial charge in [-0.2, -0.15) is 0 Å². The van der Waals surface area contributed by atoms with Crippen LogP contribution in [-0.2, 0) is 0 Å². The van der Waals surface area contributed by atoms with Crippen molar-refractivity contribution in [3.8, 4) is 0 Å². The molecule has 0 saturated heterocycles. The van der Waals surface area contributed by atoms with Crippen LogP contribution < -0.4 is 5.73 Å². The molecule has 1 aromatic carbocycles. The summed E-state index contributed by atoms with van der Waals surface area (Å²) in [6.45, 7) is 0. The average molecular weight is 193 g/mol.